The highest BCUT2D eigenvalue weighted by molar-refractivity contribution is 5.89. The molecule has 1 aliphatic rings. The van der Waals surface area contributed by atoms with Crippen LogP contribution in [-0.2, 0) is 28.7 Å². The van der Waals surface area contributed by atoms with Gasteiger partial charge in [-0.3, -0.25) is 9.59 Å². The highest BCUT2D eigenvalue weighted by Gasteiger charge is 2.30. The van der Waals surface area contributed by atoms with Crippen LogP contribution in [0, 0.1) is 11.8 Å². The highest BCUT2D eigenvalue weighted by Crippen LogP contribution is 2.30. The van der Waals surface area contributed by atoms with Crippen molar-refractivity contribution >= 4 is 23.5 Å². The summed E-state index contributed by atoms with van der Waals surface area (Å²) >= 11 is 0. The first-order chi connectivity index (χ1) is 10.5. The summed E-state index contributed by atoms with van der Waals surface area (Å²) in [5.74, 6) is -1.92. The van der Waals surface area contributed by atoms with Gasteiger partial charge in [0.2, 0.25) is 0 Å². The average molecular weight is 308 g/mol. The van der Waals surface area contributed by atoms with Gasteiger partial charge in [-0.05, 0) is 25.7 Å². The molecule has 0 unspecified atom stereocenters. The van der Waals surface area contributed by atoms with Crippen LogP contribution in [0.2, 0.25) is 0 Å². The maximum absolute atomic E-state index is 11.9. The van der Waals surface area contributed by atoms with E-state index in [9.17, 15) is 19.2 Å². The number of rotatable bonds is 8. The molecule has 0 aromatic rings. The van der Waals surface area contributed by atoms with Gasteiger partial charge in [0.25, 0.3) is 0 Å². The molecule has 6 heteroatoms. The Morgan fingerprint density at radius 3 is 1.36 bits per heavy atom. The summed E-state index contributed by atoms with van der Waals surface area (Å²) in [5.41, 5.74) is 0. The molecule has 22 heavy (non-hydrogen) atoms. The van der Waals surface area contributed by atoms with Crippen LogP contribution in [0.4, 0.5) is 0 Å². The molecule has 0 spiro atoms. The fourth-order valence-electron chi connectivity index (χ4n) is 2.38. The van der Waals surface area contributed by atoms with Crippen molar-refractivity contribution in [1.29, 1.82) is 0 Å². The van der Waals surface area contributed by atoms with E-state index in [-0.39, 0.29) is 36.6 Å². The van der Waals surface area contributed by atoms with Gasteiger partial charge in [0.1, 0.15) is 0 Å². The molecule has 6 nitrogen and oxygen atoms in total. The summed E-state index contributed by atoms with van der Waals surface area (Å²) in [4.78, 5) is 45.6. The fourth-order valence-corrected chi connectivity index (χ4v) is 2.38. The Morgan fingerprint density at radius 2 is 1.09 bits per heavy atom. The zero-order chi connectivity index (χ0) is 16.5. The number of carbonyl (C=O) groups excluding carboxylic acids is 4. The minimum Gasteiger partial charge on any atom is -0.455 e. The molecule has 1 saturated carbocycles. The van der Waals surface area contributed by atoms with Gasteiger partial charge in [-0.1, -0.05) is 13.2 Å². The zero-order valence-electron chi connectivity index (χ0n) is 12.4. The fraction of sp³-hybridized carbons (Fsp3) is 0.500. The van der Waals surface area contributed by atoms with Crippen molar-refractivity contribution < 1.29 is 28.7 Å². The molecule has 0 radical (unpaired) electrons. The van der Waals surface area contributed by atoms with Crippen LogP contribution in [0.3, 0.4) is 0 Å². The van der Waals surface area contributed by atoms with E-state index in [2.05, 4.69) is 13.2 Å². The Labute approximate surface area is 129 Å². The number of hydrogen-bond acceptors (Lipinski definition) is 6. The van der Waals surface area contributed by atoms with Crippen LogP contribution in [-0.4, -0.2) is 36.7 Å². The van der Waals surface area contributed by atoms with Gasteiger partial charge < -0.3 is 9.47 Å². The average Bonchev–Trinajstić information content (AvgIpc) is 2.56. The summed E-state index contributed by atoms with van der Waals surface area (Å²) in [6.07, 6.45) is 4.28. The molecule has 0 saturated heterocycles. The van der Waals surface area contributed by atoms with E-state index in [0.29, 0.717) is 25.7 Å². The molecule has 0 N–H and O–H groups in total. The Kier molecular flexibility index (Phi) is 7.22. The number of carbonyl (C=O) groups is 4. The molecular formula is C16H20O6. The number of esters is 2. The van der Waals surface area contributed by atoms with Crippen LogP contribution in [0.15, 0.2) is 25.3 Å². The lowest BCUT2D eigenvalue weighted by molar-refractivity contribution is -0.146. The zero-order valence-corrected chi connectivity index (χ0v) is 12.4. The highest BCUT2D eigenvalue weighted by atomic mass is 16.5. The third-order valence-corrected chi connectivity index (χ3v) is 3.68. The van der Waals surface area contributed by atoms with E-state index in [1.165, 1.54) is 0 Å². The molecule has 0 bridgehead atoms. The van der Waals surface area contributed by atoms with E-state index in [0.717, 1.165) is 12.2 Å². The Hall–Kier alpha value is -2.24. The van der Waals surface area contributed by atoms with Gasteiger partial charge in [-0.25, -0.2) is 9.59 Å². The predicted molar refractivity (Wildman–Crippen MR) is 77.8 cm³/mol. The third-order valence-electron chi connectivity index (χ3n) is 3.68. The normalized spacial score (nSPS) is 20.5. The molecule has 0 heterocycles. The van der Waals surface area contributed by atoms with Crippen molar-refractivity contribution in [3.05, 3.63) is 25.3 Å². The number of Topliss-reactive ketones (excluding diaryl/α,β-unsaturated/α-hetero) is 2. The lowest BCUT2D eigenvalue weighted by atomic mass is 9.78. The predicted octanol–water partition coefficient (Wildman–Crippen LogP) is 1.39. The molecule has 0 aromatic carbocycles. The second-order valence-corrected chi connectivity index (χ2v) is 5.10. The van der Waals surface area contributed by atoms with Crippen molar-refractivity contribution in [2.24, 2.45) is 11.8 Å². The minimum atomic E-state index is -0.624. The van der Waals surface area contributed by atoms with Crippen LogP contribution >= 0.6 is 0 Å². The molecule has 0 aliphatic heterocycles. The van der Waals surface area contributed by atoms with Crippen molar-refractivity contribution in [2.75, 3.05) is 13.2 Å². The Bertz CT molecular complexity index is 427. The van der Waals surface area contributed by atoms with Crippen LogP contribution in [0.5, 0.6) is 0 Å². The molecule has 120 valence electrons. The van der Waals surface area contributed by atoms with E-state index in [4.69, 9.17) is 9.47 Å². The smallest absolute Gasteiger partial charge is 0.330 e. The second-order valence-electron chi connectivity index (χ2n) is 5.10. The largest absolute Gasteiger partial charge is 0.455 e. The summed E-state index contributed by atoms with van der Waals surface area (Å²) in [6.45, 7) is 5.98. The standard InChI is InChI=1S/C16H20O6/c1-3-15(19)21-9-13(17)11-5-7-12(8-6-11)14(18)10-22-16(20)4-2/h3-4,11-12H,1-2,5-10H2. The van der Waals surface area contributed by atoms with Crippen LogP contribution < -0.4 is 0 Å². The first kappa shape index (κ1) is 17.8. The summed E-state index contributed by atoms with van der Waals surface area (Å²) in [6, 6.07) is 0. The number of ketones is 2. The second kappa shape index (κ2) is 8.92. The van der Waals surface area contributed by atoms with Gasteiger partial charge in [-0.2, -0.15) is 0 Å². The van der Waals surface area contributed by atoms with Crippen LogP contribution in [0.25, 0.3) is 0 Å². The third kappa shape index (κ3) is 5.63. The van der Waals surface area contributed by atoms with Crippen LogP contribution in [0.1, 0.15) is 25.7 Å². The van der Waals surface area contributed by atoms with Crippen molar-refractivity contribution in [2.45, 2.75) is 25.7 Å². The maximum Gasteiger partial charge on any atom is 0.330 e. The Morgan fingerprint density at radius 1 is 0.773 bits per heavy atom. The van der Waals surface area contributed by atoms with E-state index in [1.807, 2.05) is 0 Å². The monoisotopic (exact) mass is 308 g/mol. The molecule has 0 atom stereocenters. The molecule has 0 aromatic heterocycles. The molecule has 1 fully saturated rings. The van der Waals surface area contributed by atoms with Gasteiger partial charge in [0.15, 0.2) is 24.8 Å². The van der Waals surface area contributed by atoms with Crippen molar-refractivity contribution in [3.63, 3.8) is 0 Å². The van der Waals surface area contributed by atoms with Gasteiger partial charge >= 0.3 is 11.9 Å². The molecule has 0 amide bonds. The first-order valence-electron chi connectivity index (χ1n) is 7.11. The number of ether oxygens (including phenoxy) is 2. The van der Waals surface area contributed by atoms with Crippen molar-refractivity contribution in [3.8, 4) is 0 Å². The summed E-state index contributed by atoms with van der Waals surface area (Å²) < 4.78 is 9.43. The topological polar surface area (TPSA) is 86.7 Å². The van der Waals surface area contributed by atoms with Crippen molar-refractivity contribution in [1.82, 2.24) is 0 Å². The lowest BCUT2D eigenvalue weighted by Crippen LogP contribution is -2.30. The van der Waals surface area contributed by atoms with Gasteiger partial charge in [0.05, 0.1) is 0 Å². The minimum absolute atomic E-state index is 0.140. The maximum atomic E-state index is 11.9. The van der Waals surface area contributed by atoms with E-state index >= 15 is 0 Å². The molecule has 1 aliphatic carbocycles. The van der Waals surface area contributed by atoms with Gasteiger partial charge in [0, 0.05) is 24.0 Å². The van der Waals surface area contributed by atoms with E-state index in [1.54, 1.807) is 0 Å². The number of hydrogen-bond donors (Lipinski definition) is 0. The van der Waals surface area contributed by atoms with E-state index < -0.39 is 11.9 Å². The quantitative estimate of drug-likeness (QED) is 0.497. The lowest BCUT2D eigenvalue weighted by Gasteiger charge is -2.26. The summed E-state index contributed by atoms with van der Waals surface area (Å²) in [7, 11) is 0. The SMILES string of the molecule is C=CC(=O)OCC(=O)C1CCC(C(=O)COC(=O)C=C)CC1. The first-order valence-corrected chi connectivity index (χ1v) is 7.11. The Balaban J connectivity index is 2.33. The summed E-state index contributed by atoms with van der Waals surface area (Å²) in [5, 5.41) is 0. The molecule has 1 rings (SSSR count). The molecular weight excluding hydrogens is 288 g/mol. The van der Waals surface area contributed by atoms with Gasteiger partial charge in [-0.15, -0.1) is 0 Å².